The van der Waals surface area contributed by atoms with E-state index in [1.165, 1.54) is 0 Å². The molecule has 2 aromatic rings. The molecule has 6 nitrogen and oxygen atoms in total. The van der Waals surface area contributed by atoms with Crippen molar-refractivity contribution in [1.82, 2.24) is 9.80 Å². The summed E-state index contributed by atoms with van der Waals surface area (Å²) in [4.78, 5) is 17.1. The van der Waals surface area contributed by atoms with Crippen LogP contribution in [0.3, 0.4) is 0 Å². The van der Waals surface area contributed by atoms with Crippen LogP contribution < -0.4 is 9.47 Å². The van der Waals surface area contributed by atoms with Crippen molar-refractivity contribution in [2.75, 3.05) is 40.5 Å². The van der Waals surface area contributed by atoms with E-state index in [1.54, 1.807) is 7.11 Å². The highest BCUT2D eigenvalue weighted by Gasteiger charge is 2.38. The first-order valence-corrected chi connectivity index (χ1v) is 11.1. The Morgan fingerprint density at radius 1 is 1.06 bits per heavy atom. The lowest BCUT2D eigenvalue weighted by Crippen LogP contribution is -2.47. The highest BCUT2D eigenvalue weighted by atomic mass is 16.5. The number of carbonyl (C=O) groups is 1. The molecule has 2 atom stereocenters. The molecule has 0 N–H and O–H groups in total. The Labute approximate surface area is 184 Å². The average Bonchev–Trinajstić information content (AvgIpc) is 3.19. The standard InChI is InChI=1S/C25H32N2O4/c1-26-21-16-27(15-20-11-4-5-12-22(20)29-2)17-24(21)30-14-8-7-10-19-9-3-6-13-23(19)31-18-25(26)28/h3-6,9,11-13,21,24H,7-8,10,14-18H2,1-2H3/t21-,24-/m0/s1. The normalized spacial score (nSPS) is 23.0. The van der Waals surface area contributed by atoms with Crippen LogP contribution in [0.1, 0.15) is 24.0 Å². The summed E-state index contributed by atoms with van der Waals surface area (Å²) in [7, 11) is 3.57. The molecule has 2 aliphatic rings. The largest absolute Gasteiger partial charge is 0.496 e. The molecule has 31 heavy (non-hydrogen) atoms. The fourth-order valence-corrected chi connectivity index (χ4v) is 4.50. The summed E-state index contributed by atoms with van der Waals surface area (Å²) >= 11 is 0. The number of hydrogen-bond donors (Lipinski definition) is 0. The van der Waals surface area contributed by atoms with E-state index in [4.69, 9.17) is 14.2 Å². The number of aryl methyl sites for hydroxylation is 1. The number of amides is 1. The van der Waals surface area contributed by atoms with Crippen LogP contribution in [0.2, 0.25) is 0 Å². The first kappa shape index (κ1) is 21.7. The SMILES string of the molecule is COc1ccccc1CN1C[C@@H]2OCCCCc3ccccc3OCC(=O)N(C)[C@H]2C1. The van der Waals surface area contributed by atoms with E-state index in [0.29, 0.717) is 6.61 Å². The molecule has 0 unspecified atom stereocenters. The third-order valence-corrected chi connectivity index (χ3v) is 6.29. The average molecular weight is 425 g/mol. The van der Waals surface area contributed by atoms with E-state index >= 15 is 0 Å². The summed E-state index contributed by atoms with van der Waals surface area (Å²) in [5.74, 6) is 1.68. The van der Waals surface area contributed by atoms with Gasteiger partial charge in [0, 0.05) is 38.9 Å². The van der Waals surface area contributed by atoms with Crippen molar-refractivity contribution in [3.05, 3.63) is 59.7 Å². The predicted octanol–water partition coefficient (Wildman–Crippen LogP) is 3.14. The number of benzene rings is 2. The maximum Gasteiger partial charge on any atom is 0.260 e. The van der Waals surface area contributed by atoms with Gasteiger partial charge < -0.3 is 19.1 Å². The fraction of sp³-hybridized carbons (Fsp3) is 0.480. The van der Waals surface area contributed by atoms with Gasteiger partial charge in [-0.1, -0.05) is 36.4 Å². The van der Waals surface area contributed by atoms with Crippen LogP contribution in [-0.2, 0) is 22.5 Å². The van der Waals surface area contributed by atoms with E-state index in [2.05, 4.69) is 17.0 Å². The molecule has 0 bridgehead atoms. The van der Waals surface area contributed by atoms with Crippen LogP contribution in [0.4, 0.5) is 0 Å². The molecule has 6 heteroatoms. The number of rotatable bonds is 3. The predicted molar refractivity (Wildman–Crippen MR) is 119 cm³/mol. The number of nitrogens with zero attached hydrogens (tertiary/aromatic N) is 2. The van der Waals surface area contributed by atoms with E-state index < -0.39 is 0 Å². The molecule has 0 aromatic heterocycles. The smallest absolute Gasteiger partial charge is 0.260 e. The number of fused-ring (bicyclic) bond motifs is 2. The van der Waals surface area contributed by atoms with Crippen molar-refractivity contribution in [2.45, 2.75) is 38.0 Å². The zero-order chi connectivity index (χ0) is 21.6. The molecule has 2 aliphatic heterocycles. The van der Waals surface area contributed by atoms with Crippen molar-refractivity contribution in [2.24, 2.45) is 0 Å². The fourth-order valence-electron chi connectivity index (χ4n) is 4.50. The zero-order valence-electron chi connectivity index (χ0n) is 18.5. The van der Waals surface area contributed by atoms with Crippen molar-refractivity contribution < 1.29 is 19.0 Å². The lowest BCUT2D eigenvalue weighted by atomic mass is 10.1. The van der Waals surface area contributed by atoms with Crippen LogP contribution in [0.5, 0.6) is 11.5 Å². The summed E-state index contributed by atoms with van der Waals surface area (Å²) in [6.07, 6.45) is 2.94. The molecular formula is C25H32N2O4. The van der Waals surface area contributed by atoms with Gasteiger partial charge in [-0.25, -0.2) is 0 Å². The van der Waals surface area contributed by atoms with Crippen LogP contribution in [0.15, 0.2) is 48.5 Å². The molecule has 0 radical (unpaired) electrons. The third kappa shape index (κ3) is 5.20. The van der Waals surface area contributed by atoms with Gasteiger partial charge in [-0.05, 0) is 37.0 Å². The van der Waals surface area contributed by atoms with Gasteiger partial charge in [0.05, 0.1) is 19.3 Å². The number of methoxy groups -OCH3 is 1. The van der Waals surface area contributed by atoms with Crippen LogP contribution >= 0.6 is 0 Å². The molecule has 1 fully saturated rings. The molecule has 2 aromatic carbocycles. The number of hydrogen-bond acceptors (Lipinski definition) is 5. The number of likely N-dealkylation sites (tertiary alicyclic amines) is 1. The van der Waals surface area contributed by atoms with Gasteiger partial charge in [0.1, 0.15) is 11.5 Å². The lowest BCUT2D eigenvalue weighted by Gasteiger charge is -2.29. The van der Waals surface area contributed by atoms with Crippen molar-refractivity contribution >= 4 is 5.91 Å². The Kier molecular flexibility index (Phi) is 7.10. The molecule has 1 saturated heterocycles. The zero-order valence-corrected chi connectivity index (χ0v) is 18.5. The maximum absolute atomic E-state index is 12.9. The number of likely N-dealkylation sites (N-methyl/N-ethyl adjacent to an activating group) is 1. The van der Waals surface area contributed by atoms with Gasteiger partial charge in [0.15, 0.2) is 6.61 Å². The molecular weight excluding hydrogens is 392 g/mol. The van der Waals surface area contributed by atoms with Crippen molar-refractivity contribution in [1.29, 1.82) is 0 Å². The van der Waals surface area contributed by atoms with Crippen LogP contribution in [0, 0.1) is 0 Å². The minimum absolute atomic E-state index is 0.00167. The molecule has 2 heterocycles. The summed E-state index contributed by atoms with van der Waals surface area (Å²) < 4.78 is 17.7. The second kappa shape index (κ2) is 10.2. The number of carbonyl (C=O) groups excluding carboxylic acids is 1. The van der Waals surface area contributed by atoms with Gasteiger partial charge in [-0.2, -0.15) is 0 Å². The molecule has 0 spiro atoms. The van der Waals surface area contributed by atoms with Crippen LogP contribution in [0.25, 0.3) is 0 Å². The second-order valence-corrected chi connectivity index (χ2v) is 8.34. The van der Waals surface area contributed by atoms with E-state index in [-0.39, 0.29) is 24.7 Å². The van der Waals surface area contributed by atoms with Gasteiger partial charge in [0.2, 0.25) is 0 Å². The Balaban J connectivity index is 1.47. The van der Waals surface area contributed by atoms with E-state index in [9.17, 15) is 4.79 Å². The first-order chi connectivity index (χ1) is 15.2. The molecule has 166 valence electrons. The molecule has 0 saturated carbocycles. The lowest BCUT2D eigenvalue weighted by molar-refractivity contribution is -0.136. The Morgan fingerprint density at radius 2 is 1.87 bits per heavy atom. The summed E-state index contributed by atoms with van der Waals surface area (Å²) in [6.45, 7) is 3.08. The minimum Gasteiger partial charge on any atom is -0.496 e. The summed E-state index contributed by atoms with van der Waals surface area (Å²) in [5.41, 5.74) is 2.30. The number of para-hydroxylation sites is 2. The Morgan fingerprint density at radius 3 is 2.74 bits per heavy atom. The van der Waals surface area contributed by atoms with Gasteiger partial charge >= 0.3 is 0 Å². The minimum atomic E-state index is -0.0215. The van der Waals surface area contributed by atoms with Crippen molar-refractivity contribution in [3.63, 3.8) is 0 Å². The molecule has 1 amide bonds. The highest BCUT2D eigenvalue weighted by Crippen LogP contribution is 2.26. The van der Waals surface area contributed by atoms with Crippen molar-refractivity contribution in [3.8, 4) is 11.5 Å². The first-order valence-electron chi connectivity index (χ1n) is 11.1. The van der Waals surface area contributed by atoms with Gasteiger partial charge in [-0.3, -0.25) is 9.69 Å². The van der Waals surface area contributed by atoms with E-state index in [1.807, 2.05) is 48.3 Å². The number of ether oxygens (including phenoxy) is 3. The van der Waals surface area contributed by atoms with Gasteiger partial charge in [-0.15, -0.1) is 0 Å². The Hall–Kier alpha value is -2.57. The van der Waals surface area contributed by atoms with E-state index in [0.717, 1.165) is 61.5 Å². The maximum atomic E-state index is 12.9. The summed E-state index contributed by atoms with van der Waals surface area (Å²) in [5, 5.41) is 0. The van der Waals surface area contributed by atoms with Gasteiger partial charge in [0.25, 0.3) is 5.91 Å². The Bertz CT molecular complexity index is 887. The topological polar surface area (TPSA) is 51.2 Å². The highest BCUT2D eigenvalue weighted by molar-refractivity contribution is 5.78. The summed E-state index contributed by atoms with van der Waals surface area (Å²) in [6, 6.07) is 16.1. The van der Waals surface area contributed by atoms with Crippen LogP contribution in [-0.4, -0.2) is 68.3 Å². The quantitative estimate of drug-likeness (QED) is 0.758. The monoisotopic (exact) mass is 424 g/mol. The third-order valence-electron chi connectivity index (χ3n) is 6.29. The molecule has 0 aliphatic carbocycles. The second-order valence-electron chi connectivity index (χ2n) is 8.34. The molecule has 4 rings (SSSR count).